The van der Waals surface area contributed by atoms with Gasteiger partial charge in [0.25, 0.3) is 0 Å². The second-order valence-corrected chi connectivity index (χ2v) is 5.66. The van der Waals surface area contributed by atoms with Crippen molar-refractivity contribution in [2.75, 3.05) is 24.7 Å². The van der Waals surface area contributed by atoms with Gasteiger partial charge in [0, 0.05) is 19.1 Å². The molecule has 0 unspecified atom stereocenters. The van der Waals surface area contributed by atoms with Gasteiger partial charge in [0.05, 0.1) is 17.8 Å². The highest BCUT2D eigenvalue weighted by Gasteiger charge is 2.11. The van der Waals surface area contributed by atoms with E-state index in [2.05, 4.69) is 10.6 Å². The molecule has 5 nitrogen and oxygen atoms in total. The Kier molecular flexibility index (Phi) is 5.60. The lowest BCUT2D eigenvalue weighted by Gasteiger charge is -2.15. The Bertz CT molecular complexity index is 716. The van der Waals surface area contributed by atoms with E-state index in [0.717, 1.165) is 5.56 Å². The van der Waals surface area contributed by atoms with Crippen molar-refractivity contribution >= 4 is 34.9 Å². The number of anilines is 2. The second-order valence-electron chi connectivity index (χ2n) is 5.23. The SMILES string of the molecule is CN(C)C(=O)Nc1ccccc1NC(=O)Cc1cccc(Cl)c1. The fraction of sp³-hybridized carbons (Fsp3) is 0.176. The Labute approximate surface area is 140 Å². The summed E-state index contributed by atoms with van der Waals surface area (Å²) in [5.74, 6) is -0.182. The van der Waals surface area contributed by atoms with E-state index in [1.165, 1.54) is 4.90 Å². The number of hydrogen-bond acceptors (Lipinski definition) is 2. The van der Waals surface area contributed by atoms with E-state index in [-0.39, 0.29) is 18.4 Å². The first kappa shape index (κ1) is 16.8. The second kappa shape index (κ2) is 7.65. The zero-order valence-electron chi connectivity index (χ0n) is 13.0. The van der Waals surface area contributed by atoms with Crippen LogP contribution in [0, 0.1) is 0 Å². The summed E-state index contributed by atoms with van der Waals surface area (Å²) in [5, 5.41) is 6.14. The molecule has 3 amide bonds. The van der Waals surface area contributed by atoms with E-state index in [0.29, 0.717) is 16.4 Å². The number of amides is 3. The molecule has 2 rings (SSSR count). The van der Waals surface area contributed by atoms with E-state index in [9.17, 15) is 9.59 Å². The third-order valence-electron chi connectivity index (χ3n) is 3.10. The molecule has 0 aromatic heterocycles. The average molecular weight is 332 g/mol. The molecule has 0 aliphatic rings. The first-order chi connectivity index (χ1) is 11.0. The van der Waals surface area contributed by atoms with Crippen molar-refractivity contribution in [2.24, 2.45) is 0 Å². The molecule has 0 bridgehead atoms. The summed E-state index contributed by atoms with van der Waals surface area (Å²) in [6.45, 7) is 0. The van der Waals surface area contributed by atoms with Crippen molar-refractivity contribution < 1.29 is 9.59 Å². The normalized spacial score (nSPS) is 10.0. The summed E-state index contributed by atoms with van der Waals surface area (Å²) in [6, 6.07) is 13.9. The Morgan fingerprint density at radius 1 is 1.00 bits per heavy atom. The lowest BCUT2D eigenvalue weighted by molar-refractivity contribution is -0.115. The Balaban J connectivity index is 2.07. The van der Waals surface area contributed by atoms with Crippen LogP contribution in [-0.2, 0) is 11.2 Å². The van der Waals surface area contributed by atoms with E-state index in [1.54, 1.807) is 56.6 Å². The van der Waals surface area contributed by atoms with Crippen LogP contribution in [0.25, 0.3) is 0 Å². The maximum atomic E-state index is 12.2. The van der Waals surface area contributed by atoms with Crippen LogP contribution < -0.4 is 10.6 Å². The number of carbonyl (C=O) groups is 2. The third kappa shape index (κ3) is 5.00. The zero-order valence-corrected chi connectivity index (χ0v) is 13.7. The van der Waals surface area contributed by atoms with Gasteiger partial charge in [-0.1, -0.05) is 35.9 Å². The average Bonchev–Trinajstić information content (AvgIpc) is 2.49. The van der Waals surface area contributed by atoms with Gasteiger partial charge in [-0.2, -0.15) is 0 Å². The Morgan fingerprint density at radius 3 is 2.26 bits per heavy atom. The molecule has 0 atom stereocenters. The zero-order chi connectivity index (χ0) is 16.8. The highest BCUT2D eigenvalue weighted by molar-refractivity contribution is 6.30. The van der Waals surface area contributed by atoms with Gasteiger partial charge in [0.2, 0.25) is 5.91 Å². The van der Waals surface area contributed by atoms with Crippen LogP contribution in [0.2, 0.25) is 5.02 Å². The number of nitrogens with zero attached hydrogens (tertiary/aromatic N) is 1. The quantitative estimate of drug-likeness (QED) is 0.899. The third-order valence-corrected chi connectivity index (χ3v) is 3.34. The van der Waals surface area contributed by atoms with Crippen LogP contribution in [0.1, 0.15) is 5.56 Å². The molecule has 120 valence electrons. The molecule has 0 aliphatic heterocycles. The Hall–Kier alpha value is -2.53. The first-order valence-corrected chi connectivity index (χ1v) is 7.45. The number of rotatable bonds is 4. The molecule has 6 heteroatoms. The lowest BCUT2D eigenvalue weighted by Crippen LogP contribution is -2.28. The topological polar surface area (TPSA) is 61.4 Å². The van der Waals surface area contributed by atoms with E-state index < -0.39 is 0 Å². The van der Waals surface area contributed by atoms with Crippen molar-refractivity contribution in [1.82, 2.24) is 4.90 Å². The fourth-order valence-corrected chi connectivity index (χ4v) is 2.17. The minimum Gasteiger partial charge on any atom is -0.331 e. The van der Waals surface area contributed by atoms with Crippen molar-refractivity contribution in [3.63, 3.8) is 0 Å². The van der Waals surface area contributed by atoms with Crippen molar-refractivity contribution in [3.05, 3.63) is 59.1 Å². The molecule has 2 N–H and O–H groups in total. The minimum atomic E-state index is -0.262. The number of para-hydroxylation sites is 2. The summed E-state index contributed by atoms with van der Waals surface area (Å²) in [4.78, 5) is 25.4. The summed E-state index contributed by atoms with van der Waals surface area (Å²) < 4.78 is 0. The summed E-state index contributed by atoms with van der Waals surface area (Å²) in [5.41, 5.74) is 1.92. The monoisotopic (exact) mass is 331 g/mol. The van der Waals surface area contributed by atoms with Crippen molar-refractivity contribution in [3.8, 4) is 0 Å². The maximum Gasteiger partial charge on any atom is 0.321 e. The van der Waals surface area contributed by atoms with Gasteiger partial charge in [0.1, 0.15) is 0 Å². The minimum absolute atomic E-state index is 0.182. The molecule has 0 fully saturated rings. The van der Waals surface area contributed by atoms with E-state index in [1.807, 2.05) is 6.07 Å². The molecule has 0 heterocycles. The van der Waals surface area contributed by atoms with Gasteiger partial charge in [-0.3, -0.25) is 4.79 Å². The molecular formula is C17H18ClN3O2. The van der Waals surface area contributed by atoms with Crippen LogP contribution in [-0.4, -0.2) is 30.9 Å². The summed E-state index contributed by atoms with van der Waals surface area (Å²) in [6.07, 6.45) is 0.205. The molecule has 0 spiro atoms. The molecular weight excluding hydrogens is 314 g/mol. The molecule has 2 aromatic rings. The fourth-order valence-electron chi connectivity index (χ4n) is 1.95. The number of benzene rings is 2. The van der Waals surface area contributed by atoms with Gasteiger partial charge in [-0.15, -0.1) is 0 Å². The Morgan fingerprint density at radius 2 is 1.65 bits per heavy atom. The van der Waals surface area contributed by atoms with Crippen LogP contribution in [0.15, 0.2) is 48.5 Å². The summed E-state index contributed by atoms with van der Waals surface area (Å²) >= 11 is 5.92. The predicted molar refractivity (Wildman–Crippen MR) is 92.9 cm³/mol. The van der Waals surface area contributed by atoms with Crippen LogP contribution in [0.4, 0.5) is 16.2 Å². The maximum absolute atomic E-state index is 12.2. The highest BCUT2D eigenvalue weighted by atomic mass is 35.5. The number of nitrogens with one attached hydrogen (secondary N) is 2. The first-order valence-electron chi connectivity index (χ1n) is 7.07. The van der Waals surface area contributed by atoms with Gasteiger partial charge in [-0.05, 0) is 29.8 Å². The largest absolute Gasteiger partial charge is 0.331 e. The standard InChI is InChI=1S/C17H18ClN3O2/c1-21(2)17(23)20-15-9-4-3-8-14(15)19-16(22)11-12-6-5-7-13(18)10-12/h3-10H,11H2,1-2H3,(H,19,22)(H,20,23). The summed E-state index contributed by atoms with van der Waals surface area (Å²) in [7, 11) is 3.30. The number of urea groups is 1. The molecule has 2 aromatic carbocycles. The van der Waals surface area contributed by atoms with Crippen LogP contribution >= 0.6 is 11.6 Å². The molecule has 0 saturated heterocycles. The number of halogens is 1. The smallest absolute Gasteiger partial charge is 0.321 e. The molecule has 0 radical (unpaired) electrons. The van der Waals surface area contributed by atoms with Crippen molar-refractivity contribution in [2.45, 2.75) is 6.42 Å². The van der Waals surface area contributed by atoms with Crippen LogP contribution in [0.5, 0.6) is 0 Å². The molecule has 0 aliphatic carbocycles. The lowest BCUT2D eigenvalue weighted by atomic mass is 10.1. The van der Waals surface area contributed by atoms with E-state index in [4.69, 9.17) is 11.6 Å². The van der Waals surface area contributed by atoms with E-state index >= 15 is 0 Å². The van der Waals surface area contributed by atoms with Gasteiger partial charge in [0.15, 0.2) is 0 Å². The highest BCUT2D eigenvalue weighted by Crippen LogP contribution is 2.21. The predicted octanol–water partition coefficient (Wildman–Crippen LogP) is 3.61. The van der Waals surface area contributed by atoms with Crippen LogP contribution in [0.3, 0.4) is 0 Å². The van der Waals surface area contributed by atoms with Gasteiger partial charge in [-0.25, -0.2) is 4.79 Å². The van der Waals surface area contributed by atoms with Gasteiger partial charge >= 0.3 is 6.03 Å². The molecule has 0 saturated carbocycles. The van der Waals surface area contributed by atoms with Gasteiger partial charge < -0.3 is 15.5 Å². The van der Waals surface area contributed by atoms with Crippen molar-refractivity contribution in [1.29, 1.82) is 0 Å². The number of carbonyl (C=O) groups excluding carboxylic acids is 2. The molecule has 23 heavy (non-hydrogen) atoms. The number of hydrogen-bond donors (Lipinski definition) is 2.